The van der Waals surface area contributed by atoms with Gasteiger partial charge in [-0.15, -0.1) is 32.0 Å². The number of H-pyrrole nitrogens is 1. The summed E-state index contributed by atoms with van der Waals surface area (Å²) in [5, 5.41) is 23.0. The molecule has 0 bridgehead atoms. The number of sulfonamides is 2. The second-order valence-corrected chi connectivity index (χ2v) is 28.7. The van der Waals surface area contributed by atoms with Gasteiger partial charge in [-0.3, -0.25) is 14.4 Å². The minimum absolute atomic E-state index is 0. The normalized spacial score (nSPS) is 17.5. The molecule has 6 aromatic rings. The van der Waals surface area contributed by atoms with Gasteiger partial charge in [0.15, 0.2) is 35.5 Å². The molecule has 0 aromatic carbocycles. The van der Waals surface area contributed by atoms with Gasteiger partial charge in [0.25, 0.3) is 38.3 Å². The molecule has 2 atom stereocenters. The third-order valence-electron chi connectivity index (χ3n) is 17.1. The fourth-order valence-corrected chi connectivity index (χ4v) is 14.7. The molecule has 8 heterocycles. The second kappa shape index (κ2) is 35.4. The van der Waals surface area contributed by atoms with E-state index in [9.17, 15) is 52.8 Å². The third-order valence-corrected chi connectivity index (χ3v) is 20.6. The molecule has 2 saturated heterocycles. The van der Waals surface area contributed by atoms with Gasteiger partial charge in [0, 0.05) is 56.0 Å². The number of alkyl halides is 6. The van der Waals surface area contributed by atoms with Crippen molar-refractivity contribution in [1.82, 2.24) is 54.1 Å². The van der Waals surface area contributed by atoms with Crippen LogP contribution in [-0.2, 0) is 50.9 Å². The SMILES string of the molecule is C[C@@H]1CNC(C)(C)C1.Cc1[nH][n+](C)c(C)c1S(=O)(=O)NC(=O)c1ccc(-n2ccc(OCCC3(C(F)(F)F)CC3)n2)nc1N1C[C@@H](C)CC1(C)C.Cc1c(S(=O)(=O)NC(=O)c2ccc(-n3ccc(OCCC4(C(F)(F)F)CC4)n3)nc2Cl)c(C)[n+](C)n1C.Cl.O=CO[O-].S.S.[H-].[K+].[K+]. The largest absolute Gasteiger partial charge is 1.00 e. The molecule has 4 aliphatic rings. The zero-order valence-electron chi connectivity index (χ0n) is 57.7. The van der Waals surface area contributed by atoms with Crippen molar-refractivity contribution in [3.8, 4) is 23.4 Å². The molecule has 6 aromatic heterocycles. The number of aromatic nitrogens is 10. The number of carbonyl (C=O) groups is 3. The van der Waals surface area contributed by atoms with Gasteiger partial charge >= 0.3 is 115 Å². The molecule has 2 amide bonds. The van der Waals surface area contributed by atoms with Gasteiger partial charge in [-0.05, 0) is 136 Å². The van der Waals surface area contributed by atoms with Crippen LogP contribution in [0.3, 0.4) is 0 Å². The molecule has 0 spiro atoms. The van der Waals surface area contributed by atoms with Crippen molar-refractivity contribution in [2.45, 2.75) is 154 Å². The van der Waals surface area contributed by atoms with Gasteiger partial charge in [0.2, 0.25) is 23.1 Å². The Balaban J connectivity index is 0.000000799. The predicted octanol–water partition coefficient (Wildman–Crippen LogP) is 1.42. The standard InChI is InChI=1S/C28H36F3N7O4S.C22H24ClF3N6O4S.C7H15N.CH2O3.ClH.2K.2H2S.H/c1-17-15-26(4,5)37(16-17)24-20(25(39)35-43(40,41)23-18(2)33-36(6)19(23)3)7-8-21(32-24)38-13-9-22(34-38)42-14-12-27(10-11-27)28(29,30)31;1-13-18(14(2)31(4)30(13)3)37(34,35)29-20(33)15-5-6-16(27-19(15)23)32-11-7-17(28-32)36-12-10-21(8-9-21)22(24,25)26;1-6-4-7(2,3)8-5-6;2-1-4-3;;;;;;/h7-9,13,17H,10-12,14-16H2,1-6H3,(H,35,39);5-7,11H,8-10,12H2,1-4H3;6,8H,4-5H2,1-3H3;1,3H;1H;;;2*1H2;/q;;;;;2*+1;;;-1/p+1/t17-;;6-;;;;;;;/m0.0......./s1. The maximum absolute atomic E-state index is 13.6. The molecule has 39 heteroatoms. The Morgan fingerprint density at radius 2 is 1.21 bits per heavy atom. The van der Waals surface area contributed by atoms with Crippen molar-refractivity contribution in [2.24, 2.45) is 43.8 Å². The van der Waals surface area contributed by atoms with E-state index >= 15 is 0 Å². The molecule has 2 aliphatic carbocycles. The molecule has 97 heavy (non-hydrogen) atoms. The average Bonchev–Trinajstić information content (AvgIpc) is 1.58. The van der Waals surface area contributed by atoms with Crippen molar-refractivity contribution in [3.05, 3.63) is 87.8 Å². The van der Waals surface area contributed by atoms with E-state index in [-0.39, 0.29) is 251 Å². The van der Waals surface area contributed by atoms with E-state index in [1.54, 1.807) is 69.1 Å². The number of nitrogens with zero attached hydrogens (tertiary/aromatic N) is 10. The van der Waals surface area contributed by atoms with E-state index in [4.69, 9.17) is 36.1 Å². The zero-order chi connectivity index (χ0) is 68.5. The van der Waals surface area contributed by atoms with Gasteiger partial charge in [-0.25, -0.2) is 45.6 Å². The van der Waals surface area contributed by atoms with Gasteiger partial charge in [0.05, 0.1) is 53.6 Å². The number of carbonyl (C=O) groups excluding carboxylic acids is 3. The molecule has 2 saturated carbocycles. The molecular weight excluding hydrogens is 1460 g/mol. The van der Waals surface area contributed by atoms with Crippen molar-refractivity contribution in [1.29, 1.82) is 0 Å². The second-order valence-electron chi connectivity index (χ2n) is 25.1. The minimum atomic E-state index is -4.25. The zero-order valence-corrected chi connectivity index (χ0v) is 68.1. The number of aromatic amines is 1. The number of nitrogens with one attached hydrogen (secondary N) is 4. The van der Waals surface area contributed by atoms with Crippen molar-refractivity contribution in [3.63, 3.8) is 0 Å². The number of halogens is 8. The molecular formula is C58H84Cl2F6K2N14O11S4+2. The Morgan fingerprint density at radius 1 is 0.753 bits per heavy atom. The first-order valence-corrected chi connectivity index (χ1v) is 32.6. The van der Waals surface area contributed by atoms with Crippen LogP contribution in [0.2, 0.25) is 5.15 Å². The summed E-state index contributed by atoms with van der Waals surface area (Å²) >= 11 is 6.18. The summed E-state index contributed by atoms with van der Waals surface area (Å²) in [6.45, 7) is 20.8. The summed E-state index contributed by atoms with van der Waals surface area (Å²) in [6, 6.07) is 8.71. The first-order valence-electron chi connectivity index (χ1n) is 29.3. The summed E-state index contributed by atoms with van der Waals surface area (Å²) in [5.41, 5.74) is -1.64. The van der Waals surface area contributed by atoms with Gasteiger partial charge < -0.3 is 31.3 Å². The third kappa shape index (κ3) is 21.7. The van der Waals surface area contributed by atoms with Crippen LogP contribution < -0.4 is 147 Å². The molecule has 4 fully saturated rings. The number of amides is 2. The Bertz CT molecular complexity index is 3930. The Hall–Kier alpha value is -3.10. The summed E-state index contributed by atoms with van der Waals surface area (Å²) in [7, 11) is -3.35. The van der Waals surface area contributed by atoms with Crippen molar-refractivity contribution < 1.29 is 191 Å². The average molecular weight is 1540 g/mol. The van der Waals surface area contributed by atoms with Gasteiger partial charge in [0.1, 0.15) is 11.0 Å². The van der Waals surface area contributed by atoms with Crippen LogP contribution in [0.5, 0.6) is 11.8 Å². The van der Waals surface area contributed by atoms with E-state index in [2.05, 4.69) is 62.9 Å². The number of hydrogen-bond acceptors (Lipinski definition) is 17. The predicted molar refractivity (Wildman–Crippen MR) is 348 cm³/mol. The summed E-state index contributed by atoms with van der Waals surface area (Å²) in [5.74, 6) is 0.457. The molecule has 2 aliphatic heterocycles. The number of ether oxygens (including phenoxy) is 2. The summed E-state index contributed by atoms with van der Waals surface area (Å²) in [6.07, 6.45) is -3.19. The molecule has 532 valence electrons. The van der Waals surface area contributed by atoms with Crippen LogP contribution >= 0.6 is 51.0 Å². The van der Waals surface area contributed by atoms with Crippen LogP contribution in [0, 0.1) is 50.4 Å². The van der Waals surface area contributed by atoms with Crippen LogP contribution in [0.25, 0.3) is 11.6 Å². The fourth-order valence-electron chi connectivity index (χ4n) is 11.5. The van der Waals surface area contributed by atoms with Crippen LogP contribution in [-0.4, -0.2) is 124 Å². The Morgan fingerprint density at radius 3 is 1.56 bits per heavy atom. The van der Waals surface area contributed by atoms with E-state index in [1.807, 2.05) is 23.5 Å². The maximum Gasteiger partial charge on any atom is 1.00 e. The number of rotatable bonds is 18. The van der Waals surface area contributed by atoms with E-state index < -0.39 is 55.0 Å². The minimum Gasteiger partial charge on any atom is -1.00 e. The summed E-state index contributed by atoms with van der Waals surface area (Å²) < 4.78 is 154. The quantitative estimate of drug-likeness (QED) is 0.0180. The van der Waals surface area contributed by atoms with Gasteiger partial charge in [-0.2, -0.15) is 63.1 Å². The number of hydrogen-bond donors (Lipinski definition) is 4. The van der Waals surface area contributed by atoms with Gasteiger partial charge in [-0.1, -0.05) is 25.4 Å². The molecule has 4 N–H and O–H groups in total. The topological polar surface area (TPSA) is 299 Å². The number of pyridine rings is 2. The molecule has 0 unspecified atom stereocenters. The van der Waals surface area contributed by atoms with E-state index in [0.717, 1.165) is 12.3 Å². The Kier molecular flexibility index (Phi) is 32.8. The molecule has 25 nitrogen and oxygen atoms in total. The van der Waals surface area contributed by atoms with Crippen molar-refractivity contribution >= 4 is 95.2 Å². The monoisotopic (exact) mass is 1540 g/mol. The van der Waals surface area contributed by atoms with Crippen LogP contribution in [0.15, 0.2) is 58.6 Å². The Labute approximate surface area is 672 Å². The smallest absolute Gasteiger partial charge is 1.00 e. The number of anilines is 1. The van der Waals surface area contributed by atoms with Crippen LogP contribution in [0.1, 0.15) is 138 Å². The summed E-state index contributed by atoms with van der Waals surface area (Å²) in [4.78, 5) is 48.4. The molecule has 0 radical (unpaired) electrons. The van der Waals surface area contributed by atoms with E-state index in [1.165, 1.54) is 64.9 Å². The maximum atomic E-state index is 13.6. The van der Waals surface area contributed by atoms with E-state index in [0.29, 0.717) is 52.4 Å². The fraction of sp³-hybridized carbons (Fsp3) is 0.569. The molecule has 10 rings (SSSR count). The first-order chi connectivity index (χ1) is 42.6. The number of aryl methyl sites for hydroxylation is 2. The van der Waals surface area contributed by atoms with Crippen LogP contribution in [0.4, 0.5) is 32.2 Å². The van der Waals surface area contributed by atoms with Crippen molar-refractivity contribution in [2.75, 3.05) is 31.2 Å². The first kappa shape index (κ1) is 90.0.